The molecule has 0 unspecified atom stereocenters. The van der Waals surface area contributed by atoms with Crippen molar-refractivity contribution in [1.29, 1.82) is 0 Å². The fraction of sp³-hybridized carbons (Fsp3) is 0.182. The average Bonchev–Trinajstić information content (AvgIpc) is 2.70. The maximum Gasteiger partial charge on any atom is 0.0794 e. The summed E-state index contributed by atoms with van der Waals surface area (Å²) in [5.74, 6) is 0. The molecular formula is C11H12N2S. The lowest BCUT2D eigenvalue weighted by Gasteiger charge is -1.99. The molecule has 1 aromatic carbocycles. The van der Waals surface area contributed by atoms with Gasteiger partial charge in [0.05, 0.1) is 11.2 Å². The number of rotatable bonds is 3. The van der Waals surface area contributed by atoms with E-state index in [1.165, 1.54) is 11.3 Å². The van der Waals surface area contributed by atoms with Crippen LogP contribution in [0.15, 0.2) is 35.2 Å². The Morgan fingerprint density at radius 3 is 2.57 bits per heavy atom. The first-order valence-corrected chi connectivity index (χ1v) is 5.50. The molecule has 3 heteroatoms. The van der Waals surface area contributed by atoms with Gasteiger partial charge in [0.25, 0.3) is 0 Å². The minimum absolute atomic E-state index is 0.822. The van der Waals surface area contributed by atoms with Crippen molar-refractivity contribution in [3.05, 3.63) is 46.4 Å². The molecule has 2 nitrogen and oxygen atoms in total. The van der Waals surface area contributed by atoms with Crippen molar-refractivity contribution in [2.24, 2.45) is 0 Å². The zero-order chi connectivity index (χ0) is 9.80. The van der Waals surface area contributed by atoms with Crippen LogP contribution >= 0.6 is 11.3 Å². The van der Waals surface area contributed by atoms with Crippen LogP contribution in [-0.4, -0.2) is 4.98 Å². The van der Waals surface area contributed by atoms with Gasteiger partial charge in [-0.1, -0.05) is 12.1 Å². The van der Waals surface area contributed by atoms with Crippen molar-refractivity contribution in [1.82, 2.24) is 4.98 Å². The highest BCUT2D eigenvalue weighted by Gasteiger charge is 1.96. The van der Waals surface area contributed by atoms with E-state index in [1.54, 1.807) is 11.3 Å². The van der Waals surface area contributed by atoms with E-state index in [4.69, 9.17) is 5.73 Å². The van der Waals surface area contributed by atoms with Gasteiger partial charge in [-0.25, -0.2) is 4.98 Å². The van der Waals surface area contributed by atoms with Crippen LogP contribution in [0.1, 0.15) is 11.3 Å². The summed E-state index contributed by atoms with van der Waals surface area (Å²) in [4.78, 5) is 4.24. The van der Waals surface area contributed by atoms with Crippen LogP contribution in [0.2, 0.25) is 0 Å². The van der Waals surface area contributed by atoms with E-state index in [0.717, 1.165) is 18.5 Å². The maximum absolute atomic E-state index is 5.61. The highest BCUT2D eigenvalue weighted by Crippen LogP contribution is 2.09. The molecule has 2 N–H and O–H groups in total. The van der Waals surface area contributed by atoms with Crippen LogP contribution in [0.5, 0.6) is 0 Å². The first-order chi connectivity index (χ1) is 6.84. The molecular weight excluding hydrogens is 192 g/mol. The number of nitrogen functional groups attached to an aromatic ring is 1. The van der Waals surface area contributed by atoms with E-state index >= 15 is 0 Å². The molecule has 0 aliphatic heterocycles. The molecule has 0 saturated heterocycles. The summed E-state index contributed by atoms with van der Waals surface area (Å²) in [5.41, 5.74) is 10.8. The van der Waals surface area contributed by atoms with E-state index in [0.29, 0.717) is 0 Å². The van der Waals surface area contributed by atoms with Crippen LogP contribution in [0.3, 0.4) is 0 Å². The van der Waals surface area contributed by atoms with E-state index in [2.05, 4.69) is 22.5 Å². The summed E-state index contributed by atoms with van der Waals surface area (Å²) in [5, 5.41) is 2.09. The summed E-state index contributed by atoms with van der Waals surface area (Å²) in [6.07, 6.45) is 2.04. The Bertz CT molecular complexity index is 378. The Hall–Kier alpha value is -1.35. The molecule has 0 aliphatic carbocycles. The number of aryl methyl sites for hydroxylation is 2. The summed E-state index contributed by atoms with van der Waals surface area (Å²) >= 11 is 1.65. The molecule has 0 amide bonds. The van der Waals surface area contributed by atoms with E-state index in [9.17, 15) is 0 Å². The number of benzene rings is 1. The van der Waals surface area contributed by atoms with E-state index in [-0.39, 0.29) is 0 Å². The number of nitrogens with zero attached hydrogens (tertiary/aromatic N) is 1. The largest absolute Gasteiger partial charge is 0.399 e. The number of nitrogens with two attached hydrogens (primary N) is 1. The lowest BCUT2D eigenvalue weighted by molar-refractivity contribution is 0.926. The van der Waals surface area contributed by atoms with E-state index in [1.807, 2.05) is 17.6 Å². The third kappa shape index (κ3) is 2.33. The van der Waals surface area contributed by atoms with Gasteiger partial charge in [-0.15, -0.1) is 11.3 Å². The van der Waals surface area contributed by atoms with Crippen molar-refractivity contribution in [2.45, 2.75) is 12.8 Å². The number of hydrogen-bond acceptors (Lipinski definition) is 3. The molecule has 0 atom stereocenters. The highest BCUT2D eigenvalue weighted by atomic mass is 32.1. The lowest BCUT2D eigenvalue weighted by atomic mass is 10.1. The standard InChI is InChI=1S/C11H12N2S/c12-10-4-1-9(2-5-10)3-6-11-7-14-8-13-11/h1-2,4-5,7-8H,3,6,12H2. The Morgan fingerprint density at radius 2 is 1.93 bits per heavy atom. The Kier molecular flexibility index (Phi) is 2.79. The summed E-state index contributed by atoms with van der Waals surface area (Å²) < 4.78 is 0. The predicted molar refractivity (Wildman–Crippen MR) is 60.4 cm³/mol. The summed E-state index contributed by atoms with van der Waals surface area (Å²) in [6.45, 7) is 0. The van der Waals surface area contributed by atoms with Crippen LogP contribution in [-0.2, 0) is 12.8 Å². The summed E-state index contributed by atoms with van der Waals surface area (Å²) in [7, 11) is 0. The molecule has 0 saturated carbocycles. The predicted octanol–water partition coefficient (Wildman–Crippen LogP) is 2.51. The van der Waals surface area contributed by atoms with Gasteiger partial charge in [0.15, 0.2) is 0 Å². The molecule has 14 heavy (non-hydrogen) atoms. The van der Waals surface area contributed by atoms with Crippen molar-refractivity contribution in [3.8, 4) is 0 Å². The van der Waals surface area contributed by atoms with Gasteiger partial charge in [-0.3, -0.25) is 0 Å². The fourth-order valence-corrected chi connectivity index (χ4v) is 1.91. The number of thiazole rings is 1. The van der Waals surface area contributed by atoms with Gasteiger partial charge in [-0.05, 0) is 30.5 Å². The van der Waals surface area contributed by atoms with Crippen LogP contribution in [0, 0.1) is 0 Å². The first-order valence-electron chi connectivity index (χ1n) is 4.56. The zero-order valence-corrected chi connectivity index (χ0v) is 8.63. The monoisotopic (exact) mass is 204 g/mol. The van der Waals surface area contributed by atoms with Gasteiger partial charge in [-0.2, -0.15) is 0 Å². The number of anilines is 1. The minimum atomic E-state index is 0.822. The van der Waals surface area contributed by atoms with Crippen molar-refractivity contribution < 1.29 is 0 Å². The lowest BCUT2D eigenvalue weighted by Crippen LogP contribution is -1.92. The second-order valence-electron chi connectivity index (χ2n) is 3.22. The molecule has 72 valence electrons. The van der Waals surface area contributed by atoms with Crippen LogP contribution in [0.4, 0.5) is 5.69 Å². The molecule has 0 fully saturated rings. The third-order valence-electron chi connectivity index (χ3n) is 2.13. The number of aromatic nitrogens is 1. The van der Waals surface area contributed by atoms with Gasteiger partial charge in [0.2, 0.25) is 0 Å². The SMILES string of the molecule is Nc1ccc(CCc2cscn2)cc1. The topological polar surface area (TPSA) is 38.9 Å². The second-order valence-corrected chi connectivity index (χ2v) is 3.94. The van der Waals surface area contributed by atoms with Gasteiger partial charge in [0.1, 0.15) is 0 Å². The molecule has 2 aromatic rings. The fourth-order valence-electron chi connectivity index (χ4n) is 1.32. The molecule has 2 rings (SSSR count). The minimum Gasteiger partial charge on any atom is -0.399 e. The molecule has 1 heterocycles. The summed E-state index contributed by atoms with van der Waals surface area (Å²) in [6, 6.07) is 8.02. The smallest absolute Gasteiger partial charge is 0.0794 e. The van der Waals surface area contributed by atoms with Crippen molar-refractivity contribution >= 4 is 17.0 Å². The van der Waals surface area contributed by atoms with Gasteiger partial charge >= 0.3 is 0 Å². The van der Waals surface area contributed by atoms with Gasteiger partial charge in [0, 0.05) is 11.1 Å². The molecule has 0 bridgehead atoms. The Labute approximate surface area is 87.4 Å². The quantitative estimate of drug-likeness (QED) is 0.780. The molecule has 0 aliphatic rings. The van der Waals surface area contributed by atoms with Crippen molar-refractivity contribution in [3.63, 3.8) is 0 Å². The molecule has 0 radical (unpaired) electrons. The Morgan fingerprint density at radius 1 is 1.14 bits per heavy atom. The molecule has 0 spiro atoms. The van der Waals surface area contributed by atoms with Crippen molar-refractivity contribution in [2.75, 3.05) is 5.73 Å². The number of hydrogen-bond donors (Lipinski definition) is 1. The first kappa shape index (κ1) is 9.21. The highest BCUT2D eigenvalue weighted by molar-refractivity contribution is 7.07. The van der Waals surface area contributed by atoms with E-state index < -0.39 is 0 Å². The van der Waals surface area contributed by atoms with Crippen LogP contribution < -0.4 is 5.73 Å². The normalized spacial score (nSPS) is 10.3. The zero-order valence-electron chi connectivity index (χ0n) is 7.81. The third-order valence-corrected chi connectivity index (χ3v) is 2.77. The van der Waals surface area contributed by atoms with Crippen LogP contribution in [0.25, 0.3) is 0 Å². The second kappa shape index (κ2) is 4.24. The molecule has 1 aromatic heterocycles. The Balaban J connectivity index is 1.95. The van der Waals surface area contributed by atoms with Gasteiger partial charge < -0.3 is 5.73 Å². The maximum atomic E-state index is 5.61. The average molecular weight is 204 g/mol.